The van der Waals surface area contributed by atoms with Crippen molar-refractivity contribution in [3.05, 3.63) is 75.4 Å². The molecule has 2 aromatic carbocycles. The zero-order valence-electron chi connectivity index (χ0n) is 17.5. The average molecular weight is 498 g/mol. The first-order valence-electron chi connectivity index (χ1n) is 10.5. The van der Waals surface area contributed by atoms with Crippen LogP contribution < -0.4 is 10.2 Å². The minimum absolute atomic E-state index is 0.0359. The van der Waals surface area contributed by atoms with E-state index in [1.54, 1.807) is 29.2 Å². The van der Waals surface area contributed by atoms with Crippen LogP contribution >= 0.6 is 34.3 Å². The molecule has 2 amide bonds. The van der Waals surface area contributed by atoms with Crippen molar-refractivity contribution < 1.29 is 14.3 Å². The first-order valence-corrected chi connectivity index (χ1v) is 12.6. The number of rotatable bonds is 6. The second-order valence-electron chi connectivity index (χ2n) is 7.64. The van der Waals surface area contributed by atoms with Gasteiger partial charge in [-0.3, -0.25) is 14.5 Å². The predicted molar refractivity (Wildman–Crippen MR) is 134 cm³/mol. The highest BCUT2D eigenvalue weighted by molar-refractivity contribution is 7.22. The van der Waals surface area contributed by atoms with E-state index in [9.17, 15) is 9.59 Å². The highest BCUT2D eigenvalue weighted by Crippen LogP contribution is 2.32. The third kappa shape index (κ3) is 4.79. The van der Waals surface area contributed by atoms with Gasteiger partial charge in [0.05, 0.1) is 38.5 Å². The molecule has 1 fully saturated rings. The predicted octanol–water partition coefficient (Wildman–Crippen LogP) is 6.09. The summed E-state index contributed by atoms with van der Waals surface area (Å²) >= 11 is 9.14. The van der Waals surface area contributed by atoms with E-state index < -0.39 is 0 Å². The van der Waals surface area contributed by atoms with Crippen molar-refractivity contribution in [2.24, 2.45) is 0 Å². The number of benzene rings is 2. The number of anilines is 2. The van der Waals surface area contributed by atoms with Gasteiger partial charge in [0, 0.05) is 12.2 Å². The van der Waals surface area contributed by atoms with Crippen molar-refractivity contribution in [1.82, 2.24) is 4.98 Å². The molecule has 1 saturated heterocycles. The molecule has 2 aromatic heterocycles. The molecule has 1 atom stereocenters. The molecule has 0 radical (unpaired) electrons. The van der Waals surface area contributed by atoms with Crippen LogP contribution in [0.2, 0.25) is 5.02 Å². The highest BCUT2D eigenvalue weighted by Gasteiger charge is 2.27. The molecule has 9 heteroatoms. The molecule has 168 valence electrons. The maximum Gasteiger partial charge on any atom is 0.265 e. The zero-order valence-corrected chi connectivity index (χ0v) is 19.9. The lowest BCUT2D eigenvalue weighted by molar-refractivity contribution is 0.0917. The monoisotopic (exact) mass is 497 g/mol. The summed E-state index contributed by atoms with van der Waals surface area (Å²) in [6.45, 7) is 1.12. The van der Waals surface area contributed by atoms with Crippen LogP contribution in [0.5, 0.6) is 0 Å². The van der Waals surface area contributed by atoms with E-state index in [0.717, 1.165) is 23.1 Å². The van der Waals surface area contributed by atoms with Gasteiger partial charge >= 0.3 is 0 Å². The number of thiazole rings is 1. The van der Waals surface area contributed by atoms with Crippen molar-refractivity contribution in [3.63, 3.8) is 0 Å². The fourth-order valence-electron chi connectivity index (χ4n) is 3.72. The number of fused-ring (bicyclic) bond motifs is 1. The van der Waals surface area contributed by atoms with Gasteiger partial charge in [-0.2, -0.15) is 0 Å². The van der Waals surface area contributed by atoms with E-state index in [0.29, 0.717) is 39.4 Å². The molecule has 1 N–H and O–H groups in total. The maximum absolute atomic E-state index is 13.7. The first-order chi connectivity index (χ1) is 16.1. The molecule has 1 aliphatic rings. The number of hydrogen-bond acceptors (Lipinski definition) is 6. The molecule has 1 aliphatic heterocycles. The molecule has 5 rings (SSSR count). The van der Waals surface area contributed by atoms with Crippen LogP contribution in [0.3, 0.4) is 0 Å². The van der Waals surface area contributed by atoms with Gasteiger partial charge in [0.2, 0.25) is 0 Å². The average Bonchev–Trinajstić information content (AvgIpc) is 3.60. The van der Waals surface area contributed by atoms with Crippen LogP contribution in [0.15, 0.2) is 60.0 Å². The molecule has 1 unspecified atom stereocenters. The lowest BCUT2D eigenvalue weighted by Gasteiger charge is -2.23. The molecular formula is C24H20ClN3O3S2. The SMILES string of the molecule is O=C(Nc1cc(C(=O)N(CC2CCCO2)c2nc3ccccc3s2)ccc1Cl)c1cccs1. The number of nitrogens with one attached hydrogen (secondary N) is 1. The van der Waals surface area contributed by atoms with Crippen molar-refractivity contribution in [1.29, 1.82) is 0 Å². The molecule has 0 spiro atoms. The van der Waals surface area contributed by atoms with Crippen molar-refractivity contribution in [3.8, 4) is 0 Å². The van der Waals surface area contributed by atoms with Crippen molar-refractivity contribution in [2.45, 2.75) is 18.9 Å². The Kier molecular flexibility index (Phi) is 6.41. The van der Waals surface area contributed by atoms with Crippen LogP contribution in [0.25, 0.3) is 10.2 Å². The Morgan fingerprint density at radius 2 is 2.06 bits per heavy atom. The summed E-state index contributed by atoms with van der Waals surface area (Å²) in [5, 5.41) is 5.63. The second kappa shape index (κ2) is 9.61. The van der Waals surface area contributed by atoms with Gasteiger partial charge in [-0.15, -0.1) is 11.3 Å². The molecule has 0 aliphatic carbocycles. The number of amides is 2. The number of aromatic nitrogens is 1. The number of carbonyl (C=O) groups is 2. The normalized spacial score (nSPS) is 15.6. The molecule has 4 aromatic rings. The number of hydrogen-bond donors (Lipinski definition) is 1. The number of ether oxygens (including phenoxy) is 1. The van der Waals surface area contributed by atoms with E-state index >= 15 is 0 Å². The van der Waals surface area contributed by atoms with Crippen molar-refractivity contribution >= 4 is 67.1 Å². The standard InChI is InChI=1S/C24H20ClN3O3S2/c25-17-10-9-15(13-19(17)26-22(29)21-8-4-12-32-21)23(30)28(14-16-5-3-11-31-16)24-27-18-6-1-2-7-20(18)33-24/h1-2,4,6-10,12-13,16H,3,5,11,14H2,(H,26,29). The van der Waals surface area contributed by atoms with Gasteiger partial charge in [0.1, 0.15) is 0 Å². The quantitative estimate of drug-likeness (QED) is 0.350. The van der Waals surface area contributed by atoms with E-state index in [2.05, 4.69) is 5.32 Å². The minimum Gasteiger partial charge on any atom is -0.376 e. The summed E-state index contributed by atoms with van der Waals surface area (Å²) in [7, 11) is 0. The number of thiophene rings is 1. The lowest BCUT2D eigenvalue weighted by Crippen LogP contribution is -2.37. The molecular weight excluding hydrogens is 478 g/mol. The van der Waals surface area contributed by atoms with Gasteiger partial charge in [0.25, 0.3) is 11.8 Å². The fraction of sp³-hybridized carbons (Fsp3) is 0.208. The van der Waals surface area contributed by atoms with Gasteiger partial charge in [-0.05, 0) is 54.6 Å². The van der Waals surface area contributed by atoms with E-state index in [-0.39, 0.29) is 17.9 Å². The Hall–Kier alpha value is -2.78. The molecule has 6 nitrogen and oxygen atoms in total. The molecule has 33 heavy (non-hydrogen) atoms. The van der Waals surface area contributed by atoms with Crippen LogP contribution in [0.4, 0.5) is 10.8 Å². The Labute approximate surface area is 203 Å². The zero-order chi connectivity index (χ0) is 22.8. The maximum atomic E-state index is 13.7. The van der Waals surface area contributed by atoms with Gasteiger partial charge in [-0.1, -0.05) is 41.1 Å². The largest absolute Gasteiger partial charge is 0.376 e. The lowest BCUT2D eigenvalue weighted by atomic mass is 10.1. The second-order valence-corrected chi connectivity index (χ2v) is 10.0. The van der Waals surface area contributed by atoms with Crippen LogP contribution in [0.1, 0.15) is 32.9 Å². The molecule has 0 saturated carbocycles. The number of nitrogens with zero attached hydrogens (tertiary/aromatic N) is 2. The Bertz CT molecular complexity index is 1270. The minimum atomic E-state index is -0.265. The first kappa shape index (κ1) is 22.0. The Morgan fingerprint density at radius 1 is 1.18 bits per heavy atom. The topological polar surface area (TPSA) is 71.5 Å². The van der Waals surface area contributed by atoms with Crippen LogP contribution in [-0.4, -0.2) is 36.1 Å². The Morgan fingerprint density at radius 3 is 2.82 bits per heavy atom. The van der Waals surface area contributed by atoms with E-state index in [1.807, 2.05) is 35.7 Å². The third-order valence-electron chi connectivity index (χ3n) is 5.38. The van der Waals surface area contributed by atoms with Gasteiger partial charge in [-0.25, -0.2) is 4.98 Å². The molecule has 3 heterocycles. The molecule has 0 bridgehead atoms. The van der Waals surface area contributed by atoms with Crippen LogP contribution in [-0.2, 0) is 4.74 Å². The number of para-hydroxylation sites is 1. The van der Waals surface area contributed by atoms with Crippen LogP contribution in [0, 0.1) is 0 Å². The summed E-state index contributed by atoms with van der Waals surface area (Å²) in [6, 6.07) is 16.3. The third-order valence-corrected chi connectivity index (χ3v) is 7.63. The smallest absolute Gasteiger partial charge is 0.265 e. The summed E-state index contributed by atoms with van der Waals surface area (Å²) in [6.07, 6.45) is 1.84. The highest BCUT2D eigenvalue weighted by atomic mass is 35.5. The summed E-state index contributed by atoms with van der Waals surface area (Å²) < 4.78 is 6.82. The van der Waals surface area contributed by atoms with Crippen molar-refractivity contribution in [2.75, 3.05) is 23.4 Å². The van der Waals surface area contributed by atoms with Gasteiger partial charge < -0.3 is 10.1 Å². The number of carbonyl (C=O) groups excluding carboxylic acids is 2. The van der Waals surface area contributed by atoms with Gasteiger partial charge in [0.15, 0.2) is 5.13 Å². The van der Waals surface area contributed by atoms with E-state index in [4.69, 9.17) is 21.3 Å². The number of halogens is 1. The fourth-order valence-corrected chi connectivity index (χ4v) is 5.47. The summed E-state index contributed by atoms with van der Waals surface area (Å²) in [5.74, 6) is -0.480. The summed E-state index contributed by atoms with van der Waals surface area (Å²) in [5.41, 5.74) is 1.66. The van der Waals surface area contributed by atoms with E-state index in [1.165, 1.54) is 22.7 Å². The summed E-state index contributed by atoms with van der Waals surface area (Å²) in [4.78, 5) is 33.1. The Balaban J connectivity index is 1.46.